The van der Waals surface area contributed by atoms with Crippen LogP contribution in [0.3, 0.4) is 0 Å². The lowest BCUT2D eigenvalue weighted by atomic mass is 10.2. The number of nitrogens with one attached hydrogen (secondary N) is 1. The molecule has 0 aliphatic carbocycles. The molecule has 0 bridgehead atoms. The van der Waals surface area contributed by atoms with E-state index in [0.29, 0.717) is 0 Å². The number of hydrogen-bond donors (Lipinski definition) is 1. The van der Waals surface area contributed by atoms with E-state index in [2.05, 4.69) is 22.2 Å². The topological polar surface area (TPSA) is 18.5 Å². The van der Waals surface area contributed by atoms with Gasteiger partial charge in [-0.3, -0.25) is 0 Å². The largest absolute Gasteiger partial charge is 0.320 e. The van der Waals surface area contributed by atoms with Gasteiger partial charge in [0, 0.05) is 26.2 Å². The Balaban J connectivity index is 0.00000196. The van der Waals surface area contributed by atoms with Crippen LogP contribution in [0.5, 0.6) is 0 Å². The third-order valence-electron chi connectivity index (χ3n) is 3.00. The van der Waals surface area contributed by atoms with Crippen molar-refractivity contribution in [3.63, 3.8) is 0 Å². The number of hydrogen-bond acceptors (Lipinski definition) is 3. The van der Waals surface area contributed by atoms with Crippen molar-refractivity contribution in [2.75, 3.05) is 53.4 Å². The number of nitrogens with zero attached hydrogens (tertiary/aromatic N) is 2. The molecule has 0 atom stereocenters. The third-order valence-corrected chi connectivity index (χ3v) is 3.00. The molecule has 15 heavy (non-hydrogen) atoms. The summed E-state index contributed by atoms with van der Waals surface area (Å²) < 4.78 is 0. The number of piperazine rings is 1. The van der Waals surface area contributed by atoms with Gasteiger partial charge in [-0.1, -0.05) is 13.8 Å². The average molecular weight is 215 g/mol. The lowest BCUT2D eigenvalue weighted by Crippen LogP contribution is -2.44. The molecule has 0 aromatic heterocycles. The van der Waals surface area contributed by atoms with E-state index in [9.17, 15) is 0 Å². The molecule has 0 saturated carbocycles. The molecule has 1 N–H and O–H groups in total. The standard InChI is InChI=1S/C11H25N3.CH4/c1-12-6-4-3-5-7-14-10-8-13(2)9-11-14;/h12H,3-11H2,1-2H3;1H4. The summed E-state index contributed by atoms with van der Waals surface area (Å²) in [6.45, 7) is 7.50. The smallest absolute Gasteiger partial charge is 0.0110 e. The highest BCUT2D eigenvalue weighted by atomic mass is 15.2. The van der Waals surface area contributed by atoms with Gasteiger partial charge in [0.25, 0.3) is 0 Å². The molecule has 0 aromatic carbocycles. The van der Waals surface area contributed by atoms with E-state index < -0.39 is 0 Å². The van der Waals surface area contributed by atoms with Crippen molar-refractivity contribution in [3.05, 3.63) is 0 Å². The van der Waals surface area contributed by atoms with Crippen molar-refractivity contribution in [1.29, 1.82) is 0 Å². The predicted molar refractivity (Wildman–Crippen MR) is 68.4 cm³/mol. The lowest BCUT2D eigenvalue weighted by Gasteiger charge is -2.32. The van der Waals surface area contributed by atoms with Crippen LogP contribution < -0.4 is 5.32 Å². The molecule has 1 aliphatic heterocycles. The molecule has 0 unspecified atom stereocenters. The molecule has 0 spiro atoms. The molecule has 3 nitrogen and oxygen atoms in total. The Morgan fingerprint density at radius 1 is 1.00 bits per heavy atom. The van der Waals surface area contributed by atoms with Crippen LogP contribution in [0.25, 0.3) is 0 Å². The van der Waals surface area contributed by atoms with E-state index in [1.54, 1.807) is 0 Å². The first-order valence-electron chi connectivity index (χ1n) is 5.88. The second-order valence-corrected chi connectivity index (χ2v) is 4.31. The van der Waals surface area contributed by atoms with Crippen LogP contribution in [0.15, 0.2) is 0 Å². The maximum atomic E-state index is 3.19. The fraction of sp³-hybridized carbons (Fsp3) is 1.00. The summed E-state index contributed by atoms with van der Waals surface area (Å²) in [4.78, 5) is 5.01. The van der Waals surface area contributed by atoms with Gasteiger partial charge in [0.05, 0.1) is 0 Å². The van der Waals surface area contributed by atoms with Crippen LogP contribution in [0.2, 0.25) is 0 Å². The minimum atomic E-state index is 0. The number of likely N-dealkylation sites (N-methyl/N-ethyl adjacent to an activating group) is 1. The van der Waals surface area contributed by atoms with Crippen LogP contribution in [-0.2, 0) is 0 Å². The third kappa shape index (κ3) is 6.88. The summed E-state index contributed by atoms with van der Waals surface area (Å²) in [5.74, 6) is 0. The van der Waals surface area contributed by atoms with Crippen LogP contribution in [0.4, 0.5) is 0 Å². The van der Waals surface area contributed by atoms with Crippen molar-refractivity contribution in [2.45, 2.75) is 26.7 Å². The Hall–Kier alpha value is -0.120. The summed E-state index contributed by atoms with van der Waals surface area (Å²) in [5, 5.41) is 3.19. The van der Waals surface area contributed by atoms with E-state index in [-0.39, 0.29) is 7.43 Å². The van der Waals surface area contributed by atoms with Gasteiger partial charge in [-0.2, -0.15) is 0 Å². The lowest BCUT2D eigenvalue weighted by molar-refractivity contribution is 0.152. The van der Waals surface area contributed by atoms with Gasteiger partial charge in [-0.25, -0.2) is 0 Å². The molecule has 1 heterocycles. The first-order valence-corrected chi connectivity index (χ1v) is 5.88. The highest BCUT2D eigenvalue weighted by Gasteiger charge is 2.12. The number of rotatable bonds is 6. The molecule has 1 rings (SSSR count). The highest BCUT2D eigenvalue weighted by molar-refractivity contribution is 4.68. The highest BCUT2D eigenvalue weighted by Crippen LogP contribution is 2.02. The zero-order chi connectivity index (χ0) is 10.2. The molecule has 92 valence electrons. The molecular formula is C12H29N3. The molecule has 0 radical (unpaired) electrons. The SMILES string of the molecule is C.CNCCCCCN1CCN(C)CC1. The minimum Gasteiger partial charge on any atom is -0.320 e. The fourth-order valence-corrected chi connectivity index (χ4v) is 1.89. The molecule has 0 aromatic rings. The van der Waals surface area contributed by atoms with Crippen LogP contribution in [-0.4, -0.2) is 63.2 Å². The molecular weight excluding hydrogens is 186 g/mol. The monoisotopic (exact) mass is 215 g/mol. The van der Waals surface area contributed by atoms with Crippen LogP contribution in [0.1, 0.15) is 26.7 Å². The van der Waals surface area contributed by atoms with Crippen molar-refractivity contribution in [2.24, 2.45) is 0 Å². The van der Waals surface area contributed by atoms with Crippen molar-refractivity contribution in [1.82, 2.24) is 15.1 Å². The Bertz CT molecular complexity index is 131. The molecule has 1 saturated heterocycles. The van der Waals surface area contributed by atoms with E-state index >= 15 is 0 Å². The first kappa shape index (κ1) is 14.9. The summed E-state index contributed by atoms with van der Waals surface area (Å²) in [5.41, 5.74) is 0. The van der Waals surface area contributed by atoms with Gasteiger partial charge >= 0.3 is 0 Å². The maximum absolute atomic E-state index is 3.19. The molecule has 3 heteroatoms. The van der Waals surface area contributed by atoms with Crippen molar-refractivity contribution < 1.29 is 0 Å². The Kier molecular flexibility index (Phi) is 9.06. The van der Waals surface area contributed by atoms with E-state index in [1.165, 1.54) is 58.5 Å². The fourth-order valence-electron chi connectivity index (χ4n) is 1.89. The first-order chi connectivity index (χ1) is 6.83. The average Bonchev–Trinajstić information content (AvgIpc) is 2.21. The second kappa shape index (κ2) is 9.13. The van der Waals surface area contributed by atoms with Gasteiger partial charge in [0.2, 0.25) is 0 Å². The van der Waals surface area contributed by atoms with Crippen LogP contribution in [0, 0.1) is 0 Å². The van der Waals surface area contributed by atoms with Gasteiger partial charge in [-0.15, -0.1) is 0 Å². The number of unbranched alkanes of at least 4 members (excludes halogenated alkanes) is 2. The summed E-state index contributed by atoms with van der Waals surface area (Å²) in [7, 11) is 4.24. The summed E-state index contributed by atoms with van der Waals surface area (Å²) >= 11 is 0. The van der Waals surface area contributed by atoms with Gasteiger partial charge in [-0.05, 0) is 40.0 Å². The Morgan fingerprint density at radius 3 is 2.27 bits per heavy atom. The second-order valence-electron chi connectivity index (χ2n) is 4.31. The molecule has 1 fully saturated rings. The summed E-state index contributed by atoms with van der Waals surface area (Å²) in [6, 6.07) is 0. The summed E-state index contributed by atoms with van der Waals surface area (Å²) in [6.07, 6.45) is 4.06. The molecule has 0 amide bonds. The normalized spacial score (nSPS) is 18.8. The van der Waals surface area contributed by atoms with Crippen molar-refractivity contribution >= 4 is 0 Å². The van der Waals surface area contributed by atoms with Crippen molar-refractivity contribution in [3.8, 4) is 0 Å². The molecule has 1 aliphatic rings. The Labute approximate surface area is 95.8 Å². The Morgan fingerprint density at radius 2 is 1.67 bits per heavy atom. The van der Waals surface area contributed by atoms with Gasteiger partial charge in [0.15, 0.2) is 0 Å². The zero-order valence-electron chi connectivity index (χ0n) is 9.76. The predicted octanol–water partition coefficient (Wildman–Crippen LogP) is 1.26. The minimum absolute atomic E-state index is 0. The van der Waals surface area contributed by atoms with E-state index in [4.69, 9.17) is 0 Å². The van der Waals surface area contributed by atoms with Crippen LogP contribution >= 0.6 is 0 Å². The maximum Gasteiger partial charge on any atom is 0.0110 e. The van der Waals surface area contributed by atoms with E-state index in [1.807, 2.05) is 7.05 Å². The zero-order valence-corrected chi connectivity index (χ0v) is 9.76. The quantitative estimate of drug-likeness (QED) is 0.673. The van der Waals surface area contributed by atoms with E-state index in [0.717, 1.165) is 0 Å². The van der Waals surface area contributed by atoms with Gasteiger partial charge in [0.1, 0.15) is 0 Å². The van der Waals surface area contributed by atoms with Gasteiger partial charge < -0.3 is 15.1 Å².